The first-order valence-corrected chi connectivity index (χ1v) is 4.78. The van der Waals surface area contributed by atoms with Crippen LogP contribution in [-0.2, 0) is 0 Å². The van der Waals surface area contributed by atoms with E-state index in [0.717, 1.165) is 6.54 Å². The highest BCUT2D eigenvalue weighted by atomic mass is 16.1. The van der Waals surface area contributed by atoms with Gasteiger partial charge in [-0.05, 0) is 24.9 Å². The van der Waals surface area contributed by atoms with Crippen molar-refractivity contribution in [1.29, 1.82) is 0 Å². The van der Waals surface area contributed by atoms with E-state index < -0.39 is 0 Å². The van der Waals surface area contributed by atoms with Gasteiger partial charge >= 0.3 is 0 Å². The van der Waals surface area contributed by atoms with Gasteiger partial charge in [0.2, 0.25) is 5.56 Å². The summed E-state index contributed by atoms with van der Waals surface area (Å²) in [4.78, 5) is 13.5. The van der Waals surface area contributed by atoms with Crippen molar-refractivity contribution in [3.8, 4) is 0 Å². The first kappa shape index (κ1) is 8.51. The van der Waals surface area contributed by atoms with E-state index in [-0.39, 0.29) is 5.56 Å². The first-order chi connectivity index (χ1) is 6.36. The Bertz CT molecular complexity index is 305. The van der Waals surface area contributed by atoms with E-state index in [2.05, 4.69) is 10.3 Å². The van der Waals surface area contributed by atoms with Crippen LogP contribution in [0.5, 0.6) is 0 Å². The van der Waals surface area contributed by atoms with E-state index in [0.29, 0.717) is 6.04 Å². The zero-order chi connectivity index (χ0) is 9.10. The molecule has 1 aliphatic rings. The molecule has 0 aromatic carbocycles. The second-order valence-electron chi connectivity index (χ2n) is 3.49. The first-order valence-electron chi connectivity index (χ1n) is 4.78. The Hall–Kier alpha value is -1.09. The topological polar surface area (TPSA) is 44.9 Å². The molecular formula is C10H14N2O. The van der Waals surface area contributed by atoms with Crippen molar-refractivity contribution < 1.29 is 0 Å². The van der Waals surface area contributed by atoms with Crippen molar-refractivity contribution in [1.82, 2.24) is 10.3 Å². The van der Waals surface area contributed by atoms with Crippen molar-refractivity contribution in [3.05, 3.63) is 34.2 Å². The predicted octanol–water partition coefficient (Wildman–Crippen LogP) is 1.19. The van der Waals surface area contributed by atoms with Gasteiger partial charge in [-0.25, -0.2) is 0 Å². The number of hydrogen-bond donors (Lipinski definition) is 2. The Morgan fingerprint density at radius 2 is 2.23 bits per heavy atom. The third kappa shape index (κ3) is 1.98. The standard InChI is InChI=1S/C10H14N2O/c13-10-5-4-8(7-12-10)9-3-1-2-6-11-9/h4-5,7,9,11H,1-3,6H2,(H,12,13)/t9-/m1/s1. The molecule has 13 heavy (non-hydrogen) atoms. The Morgan fingerprint density at radius 3 is 2.85 bits per heavy atom. The summed E-state index contributed by atoms with van der Waals surface area (Å²) in [5.74, 6) is 0. The van der Waals surface area contributed by atoms with E-state index in [1.54, 1.807) is 6.07 Å². The van der Waals surface area contributed by atoms with Gasteiger partial charge in [-0.3, -0.25) is 4.79 Å². The van der Waals surface area contributed by atoms with Gasteiger partial charge in [0.15, 0.2) is 0 Å². The van der Waals surface area contributed by atoms with Crippen LogP contribution >= 0.6 is 0 Å². The summed E-state index contributed by atoms with van der Waals surface area (Å²) >= 11 is 0. The summed E-state index contributed by atoms with van der Waals surface area (Å²) < 4.78 is 0. The molecule has 0 saturated carbocycles. The Balaban J connectivity index is 2.14. The van der Waals surface area contributed by atoms with Gasteiger partial charge in [-0.15, -0.1) is 0 Å². The predicted molar refractivity (Wildman–Crippen MR) is 51.7 cm³/mol. The quantitative estimate of drug-likeness (QED) is 0.678. The summed E-state index contributed by atoms with van der Waals surface area (Å²) in [6, 6.07) is 3.93. The van der Waals surface area contributed by atoms with Gasteiger partial charge in [0.05, 0.1) is 0 Å². The highest BCUT2D eigenvalue weighted by Gasteiger charge is 2.13. The van der Waals surface area contributed by atoms with Crippen LogP contribution in [-0.4, -0.2) is 11.5 Å². The lowest BCUT2D eigenvalue weighted by molar-refractivity contribution is 0.411. The average Bonchev–Trinajstić information content (AvgIpc) is 2.20. The molecule has 1 aromatic heterocycles. The molecule has 0 radical (unpaired) electrons. The van der Waals surface area contributed by atoms with E-state index in [1.165, 1.54) is 24.8 Å². The second kappa shape index (κ2) is 3.75. The number of nitrogens with one attached hydrogen (secondary N) is 2. The minimum atomic E-state index is -0.0282. The zero-order valence-corrected chi connectivity index (χ0v) is 7.55. The summed E-state index contributed by atoms with van der Waals surface area (Å²) in [6.45, 7) is 1.09. The number of hydrogen-bond acceptors (Lipinski definition) is 2. The fraction of sp³-hybridized carbons (Fsp3) is 0.500. The van der Waals surface area contributed by atoms with E-state index in [1.807, 2.05) is 12.3 Å². The van der Waals surface area contributed by atoms with Crippen molar-refractivity contribution >= 4 is 0 Å². The number of piperidine rings is 1. The maximum Gasteiger partial charge on any atom is 0.247 e. The molecule has 1 fully saturated rings. The maximum absolute atomic E-state index is 10.8. The molecule has 0 bridgehead atoms. The largest absolute Gasteiger partial charge is 0.329 e. The molecule has 2 rings (SSSR count). The molecule has 1 aromatic rings. The van der Waals surface area contributed by atoms with Crippen LogP contribution < -0.4 is 10.9 Å². The van der Waals surface area contributed by atoms with E-state index >= 15 is 0 Å². The van der Waals surface area contributed by atoms with Crippen LogP contribution in [0.15, 0.2) is 23.1 Å². The van der Waals surface area contributed by atoms with Crippen LogP contribution in [0.1, 0.15) is 30.9 Å². The highest BCUT2D eigenvalue weighted by molar-refractivity contribution is 5.14. The van der Waals surface area contributed by atoms with Gasteiger partial charge in [-0.2, -0.15) is 0 Å². The fourth-order valence-electron chi connectivity index (χ4n) is 1.78. The Kier molecular flexibility index (Phi) is 2.45. The average molecular weight is 178 g/mol. The molecule has 0 spiro atoms. The second-order valence-corrected chi connectivity index (χ2v) is 3.49. The van der Waals surface area contributed by atoms with E-state index in [4.69, 9.17) is 0 Å². The number of H-pyrrole nitrogens is 1. The summed E-state index contributed by atoms with van der Waals surface area (Å²) in [5, 5.41) is 3.43. The third-order valence-electron chi connectivity index (χ3n) is 2.52. The molecule has 2 N–H and O–H groups in total. The molecule has 0 unspecified atom stereocenters. The molecule has 0 amide bonds. The molecule has 3 heteroatoms. The molecular weight excluding hydrogens is 164 g/mol. The van der Waals surface area contributed by atoms with Crippen LogP contribution in [0.25, 0.3) is 0 Å². The van der Waals surface area contributed by atoms with Gasteiger partial charge in [0.25, 0.3) is 0 Å². The highest BCUT2D eigenvalue weighted by Crippen LogP contribution is 2.20. The van der Waals surface area contributed by atoms with Crippen LogP contribution in [0.3, 0.4) is 0 Å². The minimum absolute atomic E-state index is 0.0282. The van der Waals surface area contributed by atoms with Gasteiger partial charge in [0, 0.05) is 18.3 Å². The van der Waals surface area contributed by atoms with Crippen molar-refractivity contribution in [2.45, 2.75) is 25.3 Å². The molecule has 70 valence electrons. The Labute approximate surface area is 77.2 Å². The monoisotopic (exact) mass is 178 g/mol. The van der Waals surface area contributed by atoms with Crippen LogP contribution in [0.2, 0.25) is 0 Å². The van der Waals surface area contributed by atoms with Gasteiger partial charge < -0.3 is 10.3 Å². The number of rotatable bonds is 1. The lowest BCUT2D eigenvalue weighted by Crippen LogP contribution is -2.27. The molecule has 0 aliphatic carbocycles. The fourth-order valence-corrected chi connectivity index (χ4v) is 1.78. The van der Waals surface area contributed by atoms with Crippen molar-refractivity contribution in [2.75, 3.05) is 6.54 Å². The summed E-state index contributed by atoms with van der Waals surface area (Å²) in [5.41, 5.74) is 1.17. The van der Waals surface area contributed by atoms with Crippen molar-refractivity contribution in [2.24, 2.45) is 0 Å². The normalized spacial score (nSPS) is 22.9. The van der Waals surface area contributed by atoms with Crippen LogP contribution in [0, 0.1) is 0 Å². The summed E-state index contributed by atoms with van der Waals surface area (Å²) in [7, 11) is 0. The number of aromatic amines is 1. The zero-order valence-electron chi connectivity index (χ0n) is 7.55. The smallest absolute Gasteiger partial charge is 0.247 e. The lowest BCUT2D eigenvalue weighted by Gasteiger charge is -2.23. The molecule has 2 heterocycles. The molecule has 1 atom stereocenters. The minimum Gasteiger partial charge on any atom is -0.329 e. The lowest BCUT2D eigenvalue weighted by atomic mass is 9.99. The Morgan fingerprint density at radius 1 is 1.31 bits per heavy atom. The molecule has 3 nitrogen and oxygen atoms in total. The van der Waals surface area contributed by atoms with Crippen LogP contribution in [0.4, 0.5) is 0 Å². The summed E-state index contributed by atoms with van der Waals surface area (Å²) in [6.07, 6.45) is 5.52. The van der Waals surface area contributed by atoms with Crippen molar-refractivity contribution in [3.63, 3.8) is 0 Å². The van der Waals surface area contributed by atoms with Gasteiger partial charge in [0.1, 0.15) is 0 Å². The van der Waals surface area contributed by atoms with E-state index in [9.17, 15) is 4.79 Å². The SMILES string of the molecule is O=c1ccc([C@H]2CCCCN2)c[nH]1. The molecule has 1 aliphatic heterocycles. The van der Waals surface area contributed by atoms with Gasteiger partial charge in [-0.1, -0.05) is 12.5 Å². The number of aromatic nitrogens is 1. The number of pyridine rings is 1. The maximum atomic E-state index is 10.8. The molecule has 1 saturated heterocycles. The third-order valence-corrected chi connectivity index (χ3v) is 2.52.